The molecule has 4 rings (SSSR count). The SMILES string of the molecule is O=C(/C=C/c1ccc([N+](=O)[O-])cc1)Nc1cccc(-c2nc3ccccc3s2)c1. The number of rotatable bonds is 5. The summed E-state index contributed by atoms with van der Waals surface area (Å²) in [5.74, 6) is -0.287. The predicted octanol–water partition coefficient (Wildman–Crippen LogP) is 5.52. The Bertz CT molecular complexity index is 1200. The van der Waals surface area contributed by atoms with Crippen LogP contribution in [-0.4, -0.2) is 15.8 Å². The van der Waals surface area contributed by atoms with Gasteiger partial charge in [0.25, 0.3) is 5.69 Å². The number of nitro groups is 1. The van der Waals surface area contributed by atoms with E-state index in [0.29, 0.717) is 11.3 Å². The molecule has 3 aromatic carbocycles. The van der Waals surface area contributed by atoms with Crippen LogP contribution >= 0.6 is 11.3 Å². The van der Waals surface area contributed by atoms with E-state index in [0.717, 1.165) is 20.8 Å². The highest BCUT2D eigenvalue weighted by molar-refractivity contribution is 7.21. The molecule has 0 spiro atoms. The average molecular weight is 401 g/mol. The zero-order valence-corrected chi connectivity index (χ0v) is 15.9. The first kappa shape index (κ1) is 18.5. The van der Waals surface area contributed by atoms with Gasteiger partial charge in [-0.2, -0.15) is 0 Å². The molecule has 142 valence electrons. The van der Waals surface area contributed by atoms with Gasteiger partial charge in [-0.05, 0) is 48.0 Å². The van der Waals surface area contributed by atoms with Crippen molar-refractivity contribution in [2.75, 3.05) is 5.32 Å². The maximum absolute atomic E-state index is 12.2. The number of para-hydroxylation sites is 1. The maximum atomic E-state index is 12.2. The molecule has 0 aliphatic heterocycles. The first-order chi connectivity index (χ1) is 14.1. The van der Waals surface area contributed by atoms with Crippen molar-refractivity contribution < 1.29 is 9.72 Å². The van der Waals surface area contributed by atoms with E-state index in [2.05, 4.69) is 10.3 Å². The summed E-state index contributed by atoms with van der Waals surface area (Å²) in [7, 11) is 0. The number of nitrogens with one attached hydrogen (secondary N) is 1. The lowest BCUT2D eigenvalue weighted by atomic mass is 10.2. The number of nitrogens with zero attached hydrogens (tertiary/aromatic N) is 2. The van der Waals surface area contributed by atoms with Crippen molar-refractivity contribution in [2.24, 2.45) is 0 Å². The standard InChI is InChI=1S/C22H15N3O3S/c26-21(13-10-15-8-11-18(12-9-15)25(27)28)23-17-5-3-4-16(14-17)22-24-19-6-1-2-7-20(19)29-22/h1-14H,(H,23,26)/b13-10+. The second-order valence-electron chi connectivity index (χ2n) is 6.24. The van der Waals surface area contributed by atoms with E-state index in [1.165, 1.54) is 18.2 Å². The molecular formula is C22H15N3O3S. The highest BCUT2D eigenvalue weighted by atomic mass is 32.1. The molecule has 0 atom stereocenters. The average Bonchev–Trinajstić information content (AvgIpc) is 3.17. The van der Waals surface area contributed by atoms with Crippen molar-refractivity contribution >= 4 is 44.9 Å². The van der Waals surface area contributed by atoms with Gasteiger partial charge in [0.15, 0.2) is 0 Å². The second-order valence-corrected chi connectivity index (χ2v) is 7.27. The minimum atomic E-state index is -0.460. The summed E-state index contributed by atoms with van der Waals surface area (Å²) in [5, 5.41) is 14.4. The fraction of sp³-hybridized carbons (Fsp3) is 0. The van der Waals surface area contributed by atoms with Crippen molar-refractivity contribution in [2.45, 2.75) is 0 Å². The number of non-ortho nitro benzene ring substituents is 1. The van der Waals surface area contributed by atoms with E-state index in [-0.39, 0.29) is 11.6 Å². The Balaban J connectivity index is 1.47. The number of nitro benzene ring substituents is 1. The first-order valence-corrected chi connectivity index (χ1v) is 9.60. The molecule has 0 saturated carbocycles. The van der Waals surface area contributed by atoms with Crippen molar-refractivity contribution in [3.63, 3.8) is 0 Å². The number of fused-ring (bicyclic) bond motifs is 1. The van der Waals surface area contributed by atoms with E-state index < -0.39 is 4.92 Å². The normalized spacial score (nSPS) is 11.0. The molecule has 0 bridgehead atoms. The van der Waals surface area contributed by atoms with Gasteiger partial charge in [0.1, 0.15) is 5.01 Å². The number of aromatic nitrogens is 1. The number of carbonyl (C=O) groups is 1. The molecule has 1 heterocycles. The Hall–Kier alpha value is -3.84. The number of anilines is 1. The summed E-state index contributed by atoms with van der Waals surface area (Å²) >= 11 is 1.60. The van der Waals surface area contributed by atoms with Crippen LogP contribution in [0.1, 0.15) is 5.56 Å². The van der Waals surface area contributed by atoms with Gasteiger partial charge in [0.05, 0.1) is 15.1 Å². The van der Waals surface area contributed by atoms with Crippen LogP contribution in [0.2, 0.25) is 0 Å². The fourth-order valence-electron chi connectivity index (χ4n) is 2.79. The summed E-state index contributed by atoms with van der Waals surface area (Å²) in [5.41, 5.74) is 3.27. The van der Waals surface area contributed by atoms with Crippen LogP contribution in [0.15, 0.2) is 78.9 Å². The van der Waals surface area contributed by atoms with Gasteiger partial charge in [-0.1, -0.05) is 24.3 Å². The zero-order valence-electron chi connectivity index (χ0n) is 15.1. The van der Waals surface area contributed by atoms with Gasteiger partial charge in [0, 0.05) is 29.5 Å². The number of hydrogen-bond acceptors (Lipinski definition) is 5. The van der Waals surface area contributed by atoms with Gasteiger partial charge in [-0.25, -0.2) is 4.98 Å². The Morgan fingerprint density at radius 2 is 1.83 bits per heavy atom. The molecule has 29 heavy (non-hydrogen) atoms. The van der Waals surface area contributed by atoms with Crippen molar-refractivity contribution in [3.8, 4) is 10.6 Å². The topological polar surface area (TPSA) is 85.1 Å². The predicted molar refractivity (Wildman–Crippen MR) is 116 cm³/mol. The summed E-state index contributed by atoms with van der Waals surface area (Å²) in [6.07, 6.45) is 3.00. The van der Waals surface area contributed by atoms with E-state index in [4.69, 9.17) is 0 Å². The summed E-state index contributed by atoms with van der Waals surface area (Å²) in [6, 6.07) is 21.5. The van der Waals surface area contributed by atoms with Crippen LogP contribution < -0.4 is 5.32 Å². The lowest BCUT2D eigenvalue weighted by Crippen LogP contribution is -2.07. The molecule has 0 unspecified atom stereocenters. The zero-order chi connectivity index (χ0) is 20.2. The summed E-state index contributed by atoms with van der Waals surface area (Å²) in [6.45, 7) is 0. The van der Waals surface area contributed by atoms with Crippen LogP contribution in [0, 0.1) is 10.1 Å². The number of benzene rings is 3. The third kappa shape index (κ3) is 4.36. The molecule has 0 aliphatic carbocycles. The van der Waals surface area contributed by atoms with Crippen molar-refractivity contribution in [1.29, 1.82) is 0 Å². The van der Waals surface area contributed by atoms with Gasteiger partial charge in [0.2, 0.25) is 5.91 Å². The Kier molecular flexibility index (Phi) is 5.13. The molecule has 0 aliphatic rings. The molecule has 6 nitrogen and oxygen atoms in total. The van der Waals surface area contributed by atoms with Gasteiger partial charge >= 0.3 is 0 Å². The smallest absolute Gasteiger partial charge is 0.269 e. The van der Waals surface area contributed by atoms with Crippen LogP contribution in [0.4, 0.5) is 11.4 Å². The quantitative estimate of drug-likeness (QED) is 0.271. The lowest BCUT2D eigenvalue weighted by molar-refractivity contribution is -0.384. The Labute approximate surface area is 170 Å². The molecule has 4 aromatic rings. The fourth-order valence-corrected chi connectivity index (χ4v) is 3.75. The van der Waals surface area contributed by atoms with Gasteiger partial charge in [-0.15, -0.1) is 11.3 Å². The van der Waals surface area contributed by atoms with Crippen molar-refractivity contribution in [3.05, 3.63) is 94.6 Å². The van der Waals surface area contributed by atoms with Crippen molar-refractivity contribution in [1.82, 2.24) is 4.98 Å². The largest absolute Gasteiger partial charge is 0.322 e. The number of hydrogen-bond donors (Lipinski definition) is 1. The van der Waals surface area contributed by atoms with Crippen LogP contribution in [0.5, 0.6) is 0 Å². The molecule has 0 fully saturated rings. The van der Waals surface area contributed by atoms with Gasteiger partial charge < -0.3 is 5.32 Å². The van der Waals surface area contributed by atoms with Crippen LogP contribution in [-0.2, 0) is 4.79 Å². The van der Waals surface area contributed by atoms with Gasteiger partial charge in [-0.3, -0.25) is 14.9 Å². The summed E-state index contributed by atoms with van der Waals surface area (Å²) < 4.78 is 1.11. The van der Waals surface area contributed by atoms with Crippen LogP contribution in [0.3, 0.4) is 0 Å². The molecule has 0 saturated heterocycles. The maximum Gasteiger partial charge on any atom is 0.269 e. The van der Waals surface area contributed by atoms with Crippen LogP contribution in [0.25, 0.3) is 26.9 Å². The minimum Gasteiger partial charge on any atom is -0.322 e. The number of carbonyl (C=O) groups excluding carboxylic acids is 1. The second kappa shape index (κ2) is 8.04. The Morgan fingerprint density at radius 1 is 1.03 bits per heavy atom. The van der Waals surface area contributed by atoms with E-state index >= 15 is 0 Å². The number of amides is 1. The summed E-state index contributed by atoms with van der Waals surface area (Å²) in [4.78, 5) is 27.1. The molecule has 0 radical (unpaired) electrons. The molecule has 7 heteroatoms. The molecule has 1 aromatic heterocycles. The third-order valence-corrected chi connectivity index (χ3v) is 5.29. The molecular weight excluding hydrogens is 386 g/mol. The monoisotopic (exact) mass is 401 g/mol. The molecule has 1 amide bonds. The first-order valence-electron chi connectivity index (χ1n) is 8.78. The number of thiazole rings is 1. The highest BCUT2D eigenvalue weighted by Crippen LogP contribution is 2.31. The highest BCUT2D eigenvalue weighted by Gasteiger charge is 2.07. The van der Waals surface area contributed by atoms with E-state index in [9.17, 15) is 14.9 Å². The minimum absolute atomic E-state index is 0.0123. The van der Waals surface area contributed by atoms with E-state index in [1.54, 1.807) is 29.5 Å². The molecule has 1 N–H and O–H groups in total. The lowest BCUT2D eigenvalue weighted by Gasteiger charge is -2.04. The third-order valence-electron chi connectivity index (χ3n) is 4.20. The van der Waals surface area contributed by atoms with E-state index in [1.807, 2.05) is 48.5 Å². The Morgan fingerprint density at radius 3 is 2.59 bits per heavy atom.